The molecule has 68 heavy (non-hydrogen) atoms. The Morgan fingerprint density at radius 2 is 0.559 bits per heavy atom. The molecule has 0 saturated heterocycles. The fourth-order valence-corrected chi connectivity index (χ4v) is 21.2. The van der Waals surface area contributed by atoms with E-state index in [1.807, 2.05) is 48.5 Å². The predicted molar refractivity (Wildman–Crippen MR) is 260 cm³/mol. The first kappa shape index (κ1) is 43.8. The molecule has 3 aliphatic heterocycles. The van der Waals surface area contributed by atoms with Gasteiger partial charge in [0.05, 0.1) is 0 Å². The molecule has 2 spiro atoms. The minimum absolute atomic E-state index is 0.0551. The molecule has 0 atom stereocenters. The molecule has 0 aliphatic carbocycles. The molecule has 15 nitrogen and oxygen atoms in total. The molecule has 0 fully saturated rings. The van der Waals surface area contributed by atoms with Gasteiger partial charge >= 0.3 is 38.6 Å². The van der Waals surface area contributed by atoms with Crippen molar-refractivity contribution in [2.24, 2.45) is 13.5 Å². The highest BCUT2D eigenvalue weighted by atomic mass is 31.3. The summed E-state index contributed by atoms with van der Waals surface area (Å²) in [6, 6.07) is 61.4. The van der Waals surface area contributed by atoms with Crippen LogP contribution < -0.4 is 36.2 Å². The summed E-state index contributed by atoms with van der Waals surface area (Å²) in [4.78, 5) is 0. The smallest absolute Gasteiger partial charge is 0.413 e. The zero-order chi connectivity index (χ0) is 46.1. The van der Waals surface area contributed by atoms with Crippen LogP contribution in [0.1, 0.15) is 0 Å². The van der Waals surface area contributed by atoms with Crippen LogP contribution in [-0.4, -0.2) is 0 Å². The highest BCUT2D eigenvalue weighted by Gasteiger charge is 2.56. The molecule has 0 saturated carbocycles. The molecule has 0 bridgehead atoms. The summed E-state index contributed by atoms with van der Waals surface area (Å²) >= 11 is 0. The number of hydrogen-bond donors (Lipinski definition) is 0. The summed E-state index contributed by atoms with van der Waals surface area (Å²) in [7, 11) is -24.6. The Morgan fingerprint density at radius 1 is 0.309 bits per heavy atom. The third-order valence-corrected chi connectivity index (χ3v) is 22.1. The van der Waals surface area contributed by atoms with E-state index in [9.17, 15) is 0 Å². The SMILES string of the molecule is O=P(Oc1ccccc1)(Oc1ccccc1)OP1(OP(=O)(Oc2ccccc2)Oc2ccccc2)=NP2(=NP3(=N1)Oc1ccccc1-c1ccccc1O3)Oc1ccccc1-c1ccccc1O2. The molecular weight excluding hydrogens is 965 g/mol. The maximum Gasteiger partial charge on any atom is 0.595 e. The Labute approximate surface area is 391 Å². The van der Waals surface area contributed by atoms with Gasteiger partial charge in [-0.25, -0.2) is 9.13 Å². The van der Waals surface area contributed by atoms with Crippen molar-refractivity contribution in [3.8, 4) is 68.2 Å². The van der Waals surface area contributed by atoms with E-state index < -0.39 is 38.6 Å². The van der Waals surface area contributed by atoms with E-state index in [1.165, 1.54) is 0 Å². The van der Waals surface area contributed by atoms with Crippen LogP contribution in [0.15, 0.2) is 232 Å². The van der Waals surface area contributed by atoms with Gasteiger partial charge in [0.1, 0.15) is 46.0 Å². The summed E-state index contributed by atoms with van der Waals surface area (Å²) in [5.41, 5.74) is 2.50. The van der Waals surface area contributed by atoms with Gasteiger partial charge in [-0.05, 0) is 72.8 Å². The molecule has 0 aromatic heterocycles. The topological polar surface area (TPSA) is 164 Å². The van der Waals surface area contributed by atoms with E-state index in [2.05, 4.69) is 0 Å². The molecular formula is C48H36N3O12P5. The van der Waals surface area contributed by atoms with Crippen LogP contribution in [0.4, 0.5) is 0 Å². The van der Waals surface area contributed by atoms with Crippen LogP contribution in [0, 0.1) is 0 Å². The van der Waals surface area contributed by atoms with E-state index in [-0.39, 0.29) is 46.0 Å². The molecule has 0 amide bonds. The maximum atomic E-state index is 15.9. The molecule has 8 aromatic carbocycles. The maximum absolute atomic E-state index is 15.9. The van der Waals surface area contributed by atoms with Crippen molar-refractivity contribution in [1.82, 2.24) is 0 Å². The van der Waals surface area contributed by atoms with E-state index >= 15 is 9.13 Å². The molecule has 20 heteroatoms. The number of benzene rings is 8. The second-order valence-corrected chi connectivity index (χ2v) is 24.4. The van der Waals surface area contributed by atoms with Crippen LogP contribution in [-0.2, 0) is 17.8 Å². The van der Waals surface area contributed by atoms with Gasteiger partial charge in [-0.15, -0.1) is 9.03 Å². The molecule has 8 aromatic rings. The molecule has 11 rings (SSSR count). The van der Waals surface area contributed by atoms with E-state index in [0.717, 1.165) is 0 Å². The van der Waals surface area contributed by atoms with Crippen LogP contribution in [0.2, 0.25) is 0 Å². The van der Waals surface area contributed by atoms with Gasteiger partial charge < -0.3 is 36.2 Å². The molecule has 0 N–H and O–H groups in total. The van der Waals surface area contributed by atoms with E-state index in [4.69, 9.17) is 58.4 Å². The monoisotopic (exact) mass is 1000 g/mol. The summed E-state index contributed by atoms with van der Waals surface area (Å²) in [5.74, 6) is 1.33. The normalized spacial score (nSPS) is 15.6. The minimum Gasteiger partial charge on any atom is -0.413 e. The number of rotatable bonds is 12. The minimum atomic E-state index is -5.21. The van der Waals surface area contributed by atoms with Crippen molar-refractivity contribution in [3.63, 3.8) is 0 Å². The number of nitrogens with zero attached hydrogens (tertiary/aromatic N) is 3. The summed E-state index contributed by atoms with van der Waals surface area (Å²) in [6.45, 7) is 0. The van der Waals surface area contributed by atoms with Crippen LogP contribution in [0.3, 0.4) is 0 Å². The number of para-hydroxylation sites is 8. The first-order chi connectivity index (χ1) is 33.2. The summed E-state index contributed by atoms with van der Waals surface area (Å²) in [5, 5.41) is 0. The van der Waals surface area contributed by atoms with E-state index in [0.29, 0.717) is 22.3 Å². The Balaban J connectivity index is 1.23. The van der Waals surface area contributed by atoms with Gasteiger partial charge in [0, 0.05) is 22.3 Å². The zero-order valence-corrected chi connectivity index (χ0v) is 39.7. The molecule has 340 valence electrons. The number of fused-ring (bicyclic) bond motifs is 6. The van der Waals surface area contributed by atoms with Crippen molar-refractivity contribution in [3.05, 3.63) is 218 Å². The highest BCUT2D eigenvalue weighted by molar-refractivity contribution is 7.83. The Morgan fingerprint density at radius 3 is 0.853 bits per heavy atom. The van der Waals surface area contributed by atoms with Gasteiger partial charge in [0.2, 0.25) is 0 Å². The van der Waals surface area contributed by atoms with Crippen molar-refractivity contribution in [1.29, 1.82) is 0 Å². The lowest BCUT2D eigenvalue weighted by Gasteiger charge is -2.33. The summed E-state index contributed by atoms with van der Waals surface area (Å²) < 4.78 is 113. The van der Waals surface area contributed by atoms with Gasteiger partial charge in [0.25, 0.3) is 0 Å². The van der Waals surface area contributed by atoms with Crippen molar-refractivity contribution < 1.29 is 53.9 Å². The average molecular weight is 1000 g/mol. The zero-order valence-electron chi connectivity index (χ0n) is 35.3. The third kappa shape index (κ3) is 9.26. The molecule has 0 radical (unpaired) electrons. The Bertz CT molecular complexity index is 3040. The van der Waals surface area contributed by atoms with Crippen LogP contribution in [0.5, 0.6) is 46.0 Å². The summed E-state index contributed by atoms with van der Waals surface area (Å²) in [6.07, 6.45) is 0. The van der Waals surface area contributed by atoms with Gasteiger partial charge in [-0.3, -0.25) is 0 Å². The fourth-order valence-electron chi connectivity index (χ4n) is 7.14. The van der Waals surface area contributed by atoms with Crippen LogP contribution >= 0.6 is 38.6 Å². The lowest BCUT2D eigenvalue weighted by molar-refractivity contribution is 0.272. The van der Waals surface area contributed by atoms with Crippen molar-refractivity contribution >= 4 is 38.6 Å². The second kappa shape index (κ2) is 18.0. The lowest BCUT2D eigenvalue weighted by atomic mass is 10.0. The van der Waals surface area contributed by atoms with Crippen molar-refractivity contribution in [2.75, 3.05) is 0 Å². The highest BCUT2D eigenvalue weighted by Crippen LogP contribution is 2.86. The first-order valence-corrected chi connectivity index (χ1v) is 28.4. The quantitative estimate of drug-likeness (QED) is 0.107. The first-order valence-electron chi connectivity index (χ1n) is 20.8. The average Bonchev–Trinajstić information content (AvgIpc) is 3.55. The third-order valence-electron chi connectivity index (χ3n) is 9.93. The Hall–Kier alpha value is -6.77. The van der Waals surface area contributed by atoms with Crippen LogP contribution in [0.25, 0.3) is 22.3 Å². The largest absolute Gasteiger partial charge is 0.595 e. The fraction of sp³-hybridized carbons (Fsp3) is 0. The second-order valence-electron chi connectivity index (χ2n) is 14.8. The number of phosphoric acid groups is 2. The number of phosphoric ester groups is 2. The number of hydrogen-bond acceptors (Lipinski definition) is 15. The standard InChI is InChI=1S/C48H36N3O12P5/c52-67(54-37-21-5-1-6-22-37,55-38-23-7-2-8-24-38)62-66(63-68(53,56-39-25-9-3-10-26-39)57-40-27-11-4-12-28-40)50-64(58-45-33-17-13-29-41(45)42-30-14-18-34-46(42)59-64)49-65(51-66)60-47-35-19-15-31-43(47)44-32-16-20-36-48(44)61-65/h1-36H. The predicted octanol–water partition coefficient (Wildman–Crippen LogP) is 16.7. The molecule has 0 unspecified atom stereocenters. The van der Waals surface area contributed by atoms with Crippen molar-refractivity contribution in [2.45, 2.75) is 0 Å². The van der Waals surface area contributed by atoms with Gasteiger partial charge in [-0.1, -0.05) is 150 Å². The van der Waals surface area contributed by atoms with Gasteiger partial charge in [0.15, 0.2) is 0 Å². The molecule has 3 aliphatic rings. The lowest BCUT2D eigenvalue weighted by Crippen LogP contribution is -2.12. The van der Waals surface area contributed by atoms with Gasteiger partial charge in [-0.2, -0.15) is 8.62 Å². The van der Waals surface area contributed by atoms with E-state index in [1.54, 1.807) is 170 Å². The Kier molecular flexibility index (Phi) is 11.6. The molecule has 3 heterocycles.